The van der Waals surface area contributed by atoms with E-state index in [2.05, 4.69) is 44.5 Å². The van der Waals surface area contributed by atoms with Crippen molar-refractivity contribution in [2.24, 2.45) is 5.10 Å². The van der Waals surface area contributed by atoms with Gasteiger partial charge in [0.25, 0.3) is 0 Å². The Hall–Kier alpha value is -2.08. The molecule has 0 aliphatic carbocycles. The molecule has 0 radical (unpaired) electrons. The van der Waals surface area contributed by atoms with Gasteiger partial charge >= 0.3 is 0 Å². The summed E-state index contributed by atoms with van der Waals surface area (Å²) < 4.78 is 0.773. The number of halogens is 1. The molecule has 0 saturated heterocycles. The Morgan fingerprint density at radius 1 is 1.40 bits per heavy atom. The Morgan fingerprint density at radius 3 is 2.75 bits per heavy atom. The number of hydrazone groups is 1. The molecule has 0 unspecified atom stereocenters. The maximum Gasteiger partial charge on any atom is 0.115 e. The van der Waals surface area contributed by atoms with Crippen LogP contribution in [0.3, 0.4) is 0 Å². The van der Waals surface area contributed by atoms with Crippen molar-refractivity contribution in [2.45, 2.75) is 0 Å². The first-order valence-corrected chi connectivity index (χ1v) is 6.69. The first-order valence-electron chi connectivity index (χ1n) is 5.90. The number of nitrogens with one attached hydrogen (secondary N) is 1. The third-order valence-corrected chi connectivity index (χ3v) is 2.70. The van der Waals surface area contributed by atoms with Crippen molar-refractivity contribution in [3.05, 3.63) is 60.3 Å². The van der Waals surface area contributed by atoms with Gasteiger partial charge in [-0.1, -0.05) is 19.2 Å². The number of hydrogen-bond acceptors (Lipinski definition) is 4. The van der Waals surface area contributed by atoms with Crippen molar-refractivity contribution in [3.63, 3.8) is 0 Å². The van der Waals surface area contributed by atoms with E-state index in [4.69, 9.17) is 0 Å². The second kappa shape index (κ2) is 8.16. The molecule has 106 valence electrons. The van der Waals surface area contributed by atoms with Crippen LogP contribution >= 0.6 is 15.9 Å². The molecule has 5 nitrogen and oxygen atoms in total. The van der Waals surface area contributed by atoms with Crippen LogP contribution < -0.4 is 5.32 Å². The maximum atomic E-state index is 4.40. The number of nitrogens with zero attached hydrogens (tertiary/aromatic N) is 4. The molecular weight excluding hydrogens is 318 g/mol. The van der Waals surface area contributed by atoms with Crippen LogP contribution in [0.2, 0.25) is 0 Å². The zero-order chi connectivity index (χ0) is 15.0. The molecule has 0 fully saturated rings. The van der Waals surface area contributed by atoms with Gasteiger partial charge in [0.15, 0.2) is 0 Å². The lowest BCUT2D eigenvalue weighted by molar-refractivity contribution is 0.483. The molecule has 6 heteroatoms. The van der Waals surface area contributed by atoms with Crippen LogP contribution in [0, 0.1) is 0 Å². The molecule has 0 atom stereocenters. The van der Waals surface area contributed by atoms with Gasteiger partial charge in [-0.3, -0.25) is 5.01 Å². The van der Waals surface area contributed by atoms with E-state index in [1.807, 2.05) is 36.3 Å². The second-order valence-electron chi connectivity index (χ2n) is 3.89. The van der Waals surface area contributed by atoms with Gasteiger partial charge in [0.05, 0.1) is 11.4 Å². The smallest absolute Gasteiger partial charge is 0.115 e. The zero-order valence-corrected chi connectivity index (χ0v) is 13.2. The molecule has 0 amide bonds. The Bertz CT molecular complexity index is 524. The molecule has 1 N–H and O–H groups in total. The molecular formula is C14H18BrN5. The summed E-state index contributed by atoms with van der Waals surface area (Å²) in [6.07, 6.45) is 6.77. The van der Waals surface area contributed by atoms with Crippen LogP contribution in [0.1, 0.15) is 5.69 Å². The lowest BCUT2D eigenvalue weighted by Gasteiger charge is -2.13. The van der Waals surface area contributed by atoms with Gasteiger partial charge in [-0.2, -0.15) is 5.10 Å². The van der Waals surface area contributed by atoms with Gasteiger partial charge in [-0.05, 0) is 34.3 Å². The Labute approximate surface area is 128 Å². The molecule has 0 aromatic carbocycles. The van der Waals surface area contributed by atoms with E-state index in [0.29, 0.717) is 0 Å². The van der Waals surface area contributed by atoms with Crippen LogP contribution in [-0.4, -0.2) is 35.3 Å². The standard InChI is InChI=1S/C14H18BrN5/c1-5-16-13(12-8-7-9-14(15)18-12)10-19(3)11-17-20(4)6-2/h5-11,16H,1-2H2,3-4H3/b13-10-,17-11-. The molecule has 1 rings (SSSR count). The highest BCUT2D eigenvalue weighted by molar-refractivity contribution is 9.10. The summed E-state index contributed by atoms with van der Waals surface area (Å²) in [5.74, 6) is 0. The van der Waals surface area contributed by atoms with Crippen LogP contribution in [0.5, 0.6) is 0 Å². The van der Waals surface area contributed by atoms with E-state index in [1.165, 1.54) is 0 Å². The molecule has 0 spiro atoms. The zero-order valence-electron chi connectivity index (χ0n) is 11.6. The normalized spacial score (nSPS) is 11.2. The van der Waals surface area contributed by atoms with E-state index in [0.717, 1.165) is 16.0 Å². The topological polar surface area (TPSA) is 43.8 Å². The predicted octanol–water partition coefficient (Wildman–Crippen LogP) is 2.83. The largest absolute Gasteiger partial charge is 0.359 e. The molecule has 0 saturated carbocycles. The summed E-state index contributed by atoms with van der Waals surface area (Å²) in [6, 6.07) is 5.71. The quantitative estimate of drug-likeness (QED) is 0.360. The monoisotopic (exact) mass is 335 g/mol. The maximum absolute atomic E-state index is 4.40. The van der Waals surface area contributed by atoms with E-state index in [1.54, 1.807) is 30.8 Å². The summed E-state index contributed by atoms with van der Waals surface area (Å²) in [5, 5.41) is 8.83. The van der Waals surface area contributed by atoms with Gasteiger partial charge in [-0.25, -0.2) is 4.98 Å². The van der Waals surface area contributed by atoms with E-state index in [9.17, 15) is 0 Å². The summed E-state index contributed by atoms with van der Waals surface area (Å²) in [4.78, 5) is 6.21. The second-order valence-corrected chi connectivity index (χ2v) is 4.70. The summed E-state index contributed by atoms with van der Waals surface area (Å²) in [6.45, 7) is 7.30. The number of hydrogen-bond donors (Lipinski definition) is 1. The number of aromatic nitrogens is 1. The first-order chi connectivity index (χ1) is 9.56. The molecule has 0 bridgehead atoms. The predicted molar refractivity (Wildman–Crippen MR) is 87.5 cm³/mol. The van der Waals surface area contributed by atoms with Gasteiger partial charge in [0.1, 0.15) is 10.9 Å². The van der Waals surface area contributed by atoms with Gasteiger partial charge in [0, 0.05) is 26.5 Å². The van der Waals surface area contributed by atoms with Crippen molar-refractivity contribution in [3.8, 4) is 0 Å². The molecule has 1 aromatic rings. The minimum Gasteiger partial charge on any atom is -0.359 e. The van der Waals surface area contributed by atoms with Crippen LogP contribution in [0.15, 0.2) is 59.7 Å². The molecule has 1 heterocycles. The van der Waals surface area contributed by atoms with Crippen LogP contribution in [0.25, 0.3) is 5.70 Å². The Balaban J connectivity index is 2.95. The fraction of sp³-hybridized carbons (Fsp3) is 0.143. The highest BCUT2D eigenvalue weighted by Crippen LogP contribution is 2.13. The first kappa shape index (κ1) is 16.0. The van der Waals surface area contributed by atoms with Crippen molar-refractivity contribution in [1.82, 2.24) is 20.2 Å². The van der Waals surface area contributed by atoms with Gasteiger partial charge < -0.3 is 10.2 Å². The molecule has 0 aliphatic heterocycles. The highest BCUT2D eigenvalue weighted by atomic mass is 79.9. The average molecular weight is 336 g/mol. The van der Waals surface area contributed by atoms with Crippen LogP contribution in [0.4, 0.5) is 0 Å². The Morgan fingerprint density at radius 2 is 2.15 bits per heavy atom. The third-order valence-electron chi connectivity index (χ3n) is 2.26. The van der Waals surface area contributed by atoms with Crippen molar-refractivity contribution >= 4 is 28.0 Å². The van der Waals surface area contributed by atoms with E-state index < -0.39 is 0 Å². The summed E-state index contributed by atoms with van der Waals surface area (Å²) >= 11 is 3.36. The lowest BCUT2D eigenvalue weighted by Crippen LogP contribution is -2.15. The minimum absolute atomic E-state index is 0.773. The summed E-state index contributed by atoms with van der Waals surface area (Å²) in [5.41, 5.74) is 1.62. The van der Waals surface area contributed by atoms with Crippen molar-refractivity contribution in [2.75, 3.05) is 14.1 Å². The third kappa shape index (κ3) is 5.27. The van der Waals surface area contributed by atoms with Gasteiger partial charge in [-0.15, -0.1) is 0 Å². The van der Waals surface area contributed by atoms with Crippen LogP contribution in [-0.2, 0) is 0 Å². The van der Waals surface area contributed by atoms with E-state index >= 15 is 0 Å². The summed E-state index contributed by atoms with van der Waals surface area (Å²) in [7, 11) is 3.68. The number of rotatable bonds is 7. The SMILES string of the molecule is C=CN/C(=C\N(C)/C=N\N(C)C=C)c1cccc(Br)n1. The molecule has 0 aliphatic rings. The fourth-order valence-electron chi connectivity index (χ4n) is 1.29. The van der Waals surface area contributed by atoms with Gasteiger partial charge in [0.2, 0.25) is 0 Å². The number of pyridine rings is 1. The lowest BCUT2D eigenvalue weighted by atomic mass is 10.3. The minimum atomic E-state index is 0.773. The fourth-order valence-corrected chi connectivity index (χ4v) is 1.64. The Kier molecular flexibility index (Phi) is 6.52. The van der Waals surface area contributed by atoms with Crippen molar-refractivity contribution < 1.29 is 0 Å². The molecule has 20 heavy (non-hydrogen) atoms. The molecule has 1 aromatic heterocycles. The highest BCUT2D eigenvalue weighted by Gasteiger charge is 2.03. The average Bonchev–Trinajstić information content (AvgIpc) is 2.44. The van der Waals surface area contributed by atoms with E-state index in [-0.39, 0.29) is 0 Å². The van der Waals surface area contributed by atoms with Crippen molar-refractivity contribution in [1.29, 1.82) is 0 Å².